The van der Waals surface area contributed by atoms with Crippen molar-refractivity contribution in [2.75, 3.05) is 7.11 Å². The molecular weight excluding hydrogens is 328 g/mol. The van der Waals surface area contributed by atoms with Crippen molar-refractivity contribution in [1.29, 1.82) is 0 Å². The number of hydrogen-bond acceptors (Lipinski definition) is 4. The van der Waals surface area contributed by atoms with Crippen LogP contribution in [0.1, 0.15) is 21.5 Å². The molecule has 0 bridgehead atoms. The van der Waals surface area contributed by atoms with E-state index in [9.17, 15) is 4.79 Å². The Morgan fingerprint density at radius 2 is 1.77 bits per heavy atom. The van der Waals surface area contributed by atoms with Gasteiger partial charge < -0.3 is 9.57 Å². The Morgan fingerprint density at radius 3 is 2.50 bits per heavy atom. The summed E-state index contributed by atoms with van der Waals surface area (Å²) in [4.78, 5) is 22.8. The van der Waals surface area contributed by atoms with Crippen LogP contribution in [0.4, 0.5) is 0 Å². The van der Waals surface area contributed by atoms with Gasteiger partial charge in [-0.15, -0.1) is 5.06 Å². The Labute approximate surface area is 151 Å². The van der Waals surface area contributed by atoms with Crippen LogP contribution >= 0.6 is 0 Å². The number of aromatic nitrogens is 1. The average molecular weight is 344 g/mol. The topological polar surface area (TPSA) is 51.7 Å². The molecule has 2 heterocycles. The van der Waals surface area contributed by atoms with E-state index in [4.69, 9.17) is 9.57 Å². The van der Waals surface area contributed by atoms with Crippen LogP contribution in [0.2, 0.25) is 0 Å². The molecule has 0 atom stereocenters. The van der Waals surface area contributed by atoms with Crippen molar-refractivity contribution in [2.24, 2.45) is 0 Å². The van der Waals surface area contributed by atoms with Gasteiger partial charge in [0.15, 0.2) is 0 Å². The maximum Gasteiger partial charge on any atom is 0.292 e. The van der Waals surface area contributed by atoms with Crippen LogP contribution in [-0.4, -0.2) is 23.1 Å². The summed E-state index contributed by atoms with van der Waals surface area (Å²) in [6, 6.07) is 20.4. The molecule has 1 aliphatic rings. The molecule has 0 unspecified atom stereocenters. The lowest BCUT2D eigenvalue weighted by atomic mass is 10.1. The molecule has 128 valence electrons. The lowest BCUT2D eigenvalue weighted by molar-refractivity contribution is 0.0107. The minimum absolute atomic E-state index is 0.240. The zero-order valence-electron chi connectivity index (χ0n) is 14.1. The molecule has 1 aromatic heterocycles. The number of nitrogens with zero attached hydrogens (tertiary/aromatic N) is 2. The third-order valence-corrected chi connectivity index (χ3v) is 4.06. The van der Waals surface area contributed by atoms with Gasteiger partial charge in [-0.2, -0.15) is 0 Å². The average Bonchev–Trinajstić information content (AvgIpc) is 2.95. The second-order valence-electron chi connectivity index (χ2n) is 5.71. The first kappa shape index (κ1) is 15.9. The summed E-state index contributed by atoms with van der Waals surface area (Å²) < 4.78 is 5.32. The van der Waals surface area contributed by atoms with Crippen molar-refractivity contribution in [3.63, 3.8) is 0 Å². The number of amides is 1. The molecule has 1 aliphatic heterocycles. The van der Waals surface area contributed by atoms with Gasteiger partial charge in [-0.25, -0.2) is 4.98 Å². The molecule has 4 rings (SSSR count). The quantitative estimate of drug-likeness (QED) is 0.717. The lowest BCUT2D eigenvalue weighted by Crippen LogP contribution is -2.27. The van der Waals surface area contributed by atoms with E-state index in [1.54, 1.807) is 43.6 Å². The summed E-state index contributed by atoms with van der Waals surface area (Å²) in [5.74, 6) is 0.783. The first-order chi connectivity index (χ1) is 12.8. The Kier molecular flexibility index (Phi) is 4.11. The molecule has 26 heavy (non-hydrogen) atoms. The standard InChI is InChI=1S/C21H16N2O3/c1-25-16-10-11-17-18(14-16)19(13-15-7-3-2-4-8-15)23(21(17)24)26-20-9-5-6-12-22-20/h2-14H,1H3/b19-13+. The molecule has 5 heteroatoms. The van der Waals surface area contributed by atoms with Gasteiger partial charge in [0, 0.05) is 17.8 Å². The van der Waals surface area contributed by atoms with E-state index in [-0.39, 0.29) is 5.91 Å². The molecule has 0 saturated carbocycles. The highest BCUT2D eigenvalue weighted by Crippen LogP contribution is 2.36. The molecule has 5 nitrogen and oxygen atoms in total. The Balaban J connectivity index is 1.82. The van der Waals surface area contributed by atoms with Crippen molar-refractivity contribution < 1.29 is 14.4 Å². The number of pyridine rings is 1. The number of methoxy groups -OCH3 is 1. The van der Waals surface area contributed by atoms with Crippen molar-refractivity contribution in [2.45, 2.75) is 0 Å². The number of benzene rings is 2. The summed E-state index contributed by atoms with van der Waals surface area (Å²) >= 11 is 0. The number of fused-ring (bicyclic) bond motifs is 1. The van der Waals surface area contributed by atoms with Crippen LogP contribution < -0.4 is 9.57 Å². The summed E-state index contributed by atoms with van der Waals surface area (Å²) in [6.45, 7) is 0. The molecule has 3 aromatic rings. The van der Waals surface area contributed by atoms with Gasteiger partial charge in [-0.1, -0.05) is 36.4 Å². The third-order valence-electron chi connectivity index (χ3n) is 4.06. The fourth-order valence-corrected chi connectivity index (χ4v) is 2.81. The van der Waals surface area contributed by atoms with Crippen molar-refractivity contribution in [1.82, 2.24) is 10.0 Å². The van der Waals surface area contributed by atoms with E-state index in [0.29, 0.717) is 22.9 Å². The lowest BCUT2D eigenvalue weighted by Gasteiger charge is -2.17. The van der Waals surface area contributed by atoms with Gasteiger partial charge in [0.25, 0.3) is 5.91 Å². The monoisotopic (exact) mass is 344 g/mol. The van der Waals surface area contributed by atoms with Crippen molar-refractivity contribution >= 4 is 17.7 Å². The van der Waals surface area contributed by atoms with Crippen LogP contribution in [0.5, 0.6) is 11.6 Å². The summed E-state index contributed by atoms with van der Waals surface area (Å²) in [5.41, 5.74) is 2.92. The summed E-state index contributed by atoms with van der Waals surface area (Å²) in [7, 11) is 1.60. The predicted molar refractivity (Wildman–Crippen MR) is 98.3 cm³/mol. The maximum absolute atomic E-state index is 12.9. The van der Waals surface area contributed by atoms with Crippen LogP contribution in [0, 0.1) is 0 Å². The van der Waals surface area contributed by atoms with Gasteiger partial charge in [0.1, 0.15) is 5.75 Å². The number of hydrogen-bond donors (Lipinski definition) is 0. The van der Waals surface area contributed by atoms with E-state index in [0.717, 1.165) is 11.1 Å². The van der Waals surface area contributed by atoms with Gasteiger partial charge >= 0.3 is 0 Å². The minimum Gasteiger partial charge on any atom is -0.497 e. The number of rotatable bonds is 4. The Bertz CT molecular complexity index is 969. The van der Waals surface area contributed by atoms with Gasteiger partial charge in [0.2, 0.25) is 5.88 Å². The fourth-order valence-electron chi connectivity index (χ4n) is 2.81. The van der Waals surface area contributed by atoms with Gasteiger partial charge in [-0.3, -0.25) is 4.79 Å². The number of hydroxylamine groups is 2. The van der Waals surface area contributed by atoms with Gasteiger partial charge in [-0.05, 0) is 35.9 Å². The van der Waals surface area contributed by atoms with Gasteiger partial charge in [0.05, 0.1) is 18.4 Å². The fraction of sp³-hybridized carbons (Fsp3) is 0.0476. The molecule has 0 N–H and O–H groups in total. The molecule has 0 spiro atoms. The Morgan fingerprint density at radius 1 is 0.962 bits per heavy atom. The van der Waals surface area contributed by atoms with Crippen molar-refractivity contribution in [3.8, 4) is 11.6 Å². The highest BCUT2D eigenvalue weighted by atomic mass is 16.7. The van der Waals surface area contributed by atoms with E-state index in [2.05, 4.69) is 4.98 Å². The zero-order chi connectivity index (χ0) is 17.9. The third kappa shape index (κ3) is 2.91. The van der Waals surface area contributed by atoms with Crippen LogP contribution in [0.3, 0.4) is 0 Å². The molecule has 1 amide bonds. The number of ether oxygens (including phenoxy) is 1. The molecule has 0 fully saturated rings. The molecule has 0 aliphatic carbocycles. The maximum atomic E-state index is 12.9. The second-order valence-corrected chi connectivity index (χ2v) is 5.71. The largest absolute Gasteiger partial charge is 0.497 e. The SMILES string of the molecule is COc1ccc2c(c1)/C(=C\c1ccccc1)N(Oc1ccccn1)C2=O. The van der Waals surface area contributed by atoms with Crippen molar-refractivity contribution in [3.05, 3.63) is 89.6 Å². The van der Waals surface area contributed by atoms with E-state index in [1.165, 1.54) is 5.06 Å². The van der Waals surface area contributed by atoms with Crippen LogP contribution in [-0.2, 0) is 0 Å². The molecule has 0 saturated heterocycles. The first-order valence-electron chi connectivity index (χ1n) is 8.15. The highest BCUT2D eigenvalue weighted by Gasteiger charge is 2.35. The van der Waals surface area contributed by atoms with E-state index in [1.807, 2.05) is 42.5 Å². The predicted octanol–water partition coefficient (Wildman–Crippen LogP) is 4.04. The minimum atomic E-state index is -0.240. The van der Waals surface area contributed by atoms with E-state index < -0.39 is 0 Å². The number of carbonyl (C=O) groups is 1. The highest BCUT2D eigenvalue weighted by molar-refractivity contribution is 6.11. The normalized spacial score (nSPS) is 14.4. The van der Waals surface area contributed by atoms with E-state index >= 15 is 0 Å². The Hall–Kier alpha value is -3.60. The molecule has 0 radical (unpaired) electrons. The summed E-state index contributed by atoms with van der Waals surface area (Å²) in [6.07, 6.45) is 3.53. The molecule has 2 aromatic carbocycles. The second kappa shape index (κ2) is 6.72. The zero-order valence-corrected chi connectivity index (χ0v) is 14.1. The number of carbonyl (C=O) groups excluding carboxylic acids is 1. The van der Waals surface area contributed by atoms with Crippen LogP contribution in [0.15, 0.2) is 72.9 Å². The first-order valence-corrected chi connectivity index (χ1v) is 8.15. The smallest absolute Gasteiger partial charge is 0.292 e. The van der Waals surface area contributed by atoms with Crippen LogP contribution in [0.25, 0.3) is 11.8 Å². The molecular formula is C21H16N2O3. The summed E-state index contributed by atoms with van der Waals surface area (Å²) in [5, 5.41) is 1.28.